The van der Waals surface area contributed by atoms with Gasteiger partial charge in [0, 0.05) is 11.5 Å². The lowest BCUT2D eigenvalue weighted by Gasteiger charge is -2.30. The molecule has 5 rings (SSSR count). The molecule has 0 radical (unpaired) electrons. The van der Waals surface area contributed by atoms with E-state index in [4.69, 9.17) is 28.4 Å². The van der Waals surface area contributed by atoms with Gasteiger partial charge in [-0.1, -0.05) is 0 Å². The highest BCUT2D eigenvalue weighted by Crippen LogP contribution is 2.54. The molecule has 1 N–H and O–H groups in total. The minimum Gasteiger partial charge on any atom is -0.493 e. The van der Waals surface area contributed by atoms with Gasteiger partial charge in [-0.3, -0.25) is 4.79 Å². The first-order valence-electron chi connectivity index (χ1n) is 9.67. The summed E-state index contributed by atoms with van der Waals surface area (Å²) in [4.78, 5) is 12.5. The minimum absolute atomic E-state index is 0.109. The summed E-state index contributed by atoms with van der Waals surface area (Å²) < 4.78 is 33.3. The van der Waals surface area contributed by atoms with Crippen molar-refractivity contribution in [3.63, 3.8) is 0 Å². The summed E-state index contributed by atoms with van der Waals surface area (Å²) in [5.41, 5.74) is 2.92. The quantitative estimate of drug-likeness (QED) is 0.766. The number of fused-ring (bicyclic) bond motifs is 5. The summed E-state index contributed by atoms with van der Waals surface area (Å²) in [7, 11) is 4.64. The van der Waals surface area contributed by atoms with E-state index in [9.17, 15) is 9.90 Å². The molecule has 2 aromatic rings. The van der Waals surface area contributed by atoms with Crippen molar-refractivity contribution in [1.29, 1.82) is 0 Å². The molecule has 158 valence electrons. The number of carbonyl (C=O) groups is 1. The zero-order valence-corrected chi connectivity index (χ0v) is 16.9. The summed E-state index contributed by atoms with van der Waals surface area (Å²) in [6.45, 7) is 0.274. The Balaban J connectivity index is 1.85. The molecule has 0 saturated carbocycles. The average Bonchev–Trinajstić information content (AvgIpc) is 3.36. The van der Waals surface area contributed by atoms with Gasteiger partial charge in [-0.2, -0.15) is 0 Å². The fourth-order valence-electron chi connectivity index (χ4n) is 4.67. The lowest BCUT2D eigenvalue weighted by molar-refractivity contribution is -0.141. The maximum atomic E-state index is 12.5. The van der Waals surface area contributed by atoms with E-state index >= 15 is 0 Å². The fraction of sp³-hybridized carbons (Fsp3) is 0.409. The summed E-state index contributed by atoms with van der Waals surface area (Å²) >= 11 is 0. The number of hydrogen-bond donors (Lipinski definition) is 1. The molecule has 0 amide bonds. The highest BCUT2D eigenvalue weighted by Gasteiger charge is 2.45. The van der Waals surface area contributed by atoms with Crippen LogP contribution in [0.15, 0.2) is 18.2 Å². The Labute approximate surface area is 173 Å². The third kappa shape index (κ3) is 2.60. The molecule has 0 aromatic heterocycles. The Hall–Kier alpha value is -3.13. The molecule has 1 aliphatic carbocycles. The van der Waals surface area contributed by atoms with Gasteiger partial charge < -0.3 is 33.5 Å². The molecule has 2 aromatic carbocycles. The van der Waals surface area contributed by atoms with Gasteiger partial charge in [0.05, 0.1) is 40.0 Å². The second kappa shape index (κ2) is 6.98. The molecule has 2 aliphatic heterocycles. The summed E-state index contributed by atoms with van der Waals surface area (Å²) in [6.07, 6.45) is -0.544. The van der Waals surface area contributed by atoms with Gasteiger partial charge >= 0.3 is 5.97 Å². The van der Waals surface area contributed by atoms with Crippen LogP contribution in [0.3, 0.4) is 0 Å². The summed E-state index contributed by atoms with van der Waals surface area (Å²) in [5.74, 6) is 1.36. The van der Waals surface area contributed by atoms with Crippen LogP contribution >= 0.6 is 0 Å². The van der Waals surface area contributed by atoms with Crippen LogP contribution in [0.2, 0.25) is 0 Å². The topological polar surface area (TPSA) is 92.7 Å². The normalized spacial score (nSPS) is 23.5. The largest absolute Gasteiger partial charge is 0.493 e. The first-order valence-corrected chi connectivity index (χ1v) is 9.67. The number of hydrogen-bond acceptors (Lipinski definition) is 8. The monoisotopic (exact) mass is 414 g/mol. The molecule has 8 nitrogen and oxygen atoms in total. The molecule has 0 spiro atoms. The Morgan fingerprint density at radius 3 is 2.40 bits per heavy atom. The predicted octanol–water partition coefficient (Wildman–Crippen LogP) is 2.49. The minimum atomic E-state index is -0.920. The van der Waals surface area contributed by atoms with Crippen LogP contribution < -0.4 is 23.7 Å². The Morgan fingerprint density at radius 2 is 1.70 bits per heavy atom. The molecule has 0 bridgehead atoms. The maximum absolute atomic E-state index is 12.5. The van der Waals surface area contributed by atoms with Gasteiger partial charge in [-0.05, 0) is 41.3 Å². The molecule has 2 heterocycles. The first kappa shape index (κ1) is 18.9. The van der Waals surface area contributed by atoms with E-state index in [1.54, 1.807) is 20.3 Å². The highest BCUT2D eigenvalue weighted by atomic mass is 16.7. The fourth-order valence-corrected chi connectivity index (χ4v) is 4.67. The number of cyclic esters (lactones) is 1. The van der Waals surface area contributed by atoms with Crippen LogP contribution in [-0.2, 0) is 16.0 Å². The second-order valence-corrected chi connectivity index (χ2v) is 7.52. The number of aliphatic hydroxyl groups excluding tert-OH is 1. The van der Waals surface area contributed by atoms with Crippen LogP contribution in [0.4, 0.5) is 0 Å². The Morgan fingerprint density at radius 1 is 0.967 bits per heavy atom. The number of ether oxygens (including phenoxy) is 6. The summed E-state index contributed by atoms with van der Waals surface area (Å²) in [6, 6.07) is 5.46. The third-order valence-corrected chi connectivity index (χ3v) is 6.13. The second-order valence-electron chi connectivity index (χ2n) is 7.52. The molecule has 3 atom stereocenters. The third-order valence-electron chi connectivity index (χ3n) is 6.13. The van der Waals surface area contributed by atoms with Crippen molar-refractivity contribution in [2.24, 2.45) is 11.8 Å². The lowest BCUT2D eigenvalue weighted by atomic mass is 9.76. The smallest absolute Gasteiger partial charge is 0.309 e. The number of aliphatic hydroxyl groups is 1. The van der Waals surface area contributed by atoms with E-state index in [0.717, 1.165) is 16.7 Å². The van der Waals surface area contributed by atoms with Gasteiger partial charge in [0.15, 0.2) is 23.0 Å². The molecule has 1 saturated heterocycles. The van der Waals surface area contributed by atoms with Crippen molar-refractivity contribution in [3.05, 3.63) is 29.3 Å². The van der Waals surface area contributed by atoms with Gasteiger partial charge in [-0.15, -0.1) is 0 Å². The van der Waals surface area contributed by atoms with Crippen molar-refractivity contribution in [2.45, 2.75) is 12.5 Å². The molecular weight excluding hydrogens is 392 g/mol. The molecule has 30 heavy (non-hydrogen) atoms. The standard InChI is InChI=1S/C22H22O8/c1-25-17-5-10-4-13-14(8-28-22(13)24)19(23)12-7-16-15(29-9-30-16)6-11(12)18(10)21(27-3)20(17)26-2/h5-7,13-14,19,23H,4,8-9H2,1-3H3/t13-,14-,19+/m0/s1. The number of esters is 1. The molecule has 0 unspecified atom stereocenters. The van der Waals surface area contributed by atoms with E-state index in [-0.39, 0.29) is 25.3 Å². The van der Waals surface area contributed by atoms with Crippen molar-refractivity contribution in [1.82, 2.24) is 0 Å². The molecular formula is C22H22O8. The van der Waals surface area contributed by atoms with Crippen molar-refractivity contribution >= 4 is 5.97 Å². The zero-order chi connectivity index (χ0) is 21.0. The number of benzene rings is 2. The molecule has 1 fully saturated rings. The van der Waals surface area contributed by atoms with Crippen molar-refractivity contribution in [3.8, 4) is 39.9 Å². The average molecular weight is 414 g/mol. The van der Waals surface area contributed by atoms with E-state index < -0.39 is 12.0 Å². The van der Waals surface area contributed by atoms with Gasteiger partial charge in [0.25, 0.3) is 0 Å². The van der Waals surface area contributed by atoms with Gasteiger partial charge in [-0.25, -0.2) is 0 Å². The first-order chi connectivity index (χ1) is 14.6. The zero-order valence-electron chi connectivity index (χ0n) is 16.9. The van der Waals surface area contributed by atoms with E-state index in [1.165, 1.54) is 7.11 Å². The lowest BCUT2D eigenvalue weighted by Crippen LogP contribution is -2.27. The Bertz CT molecular complexity index is 1030. The number of methoxy groups -OCH3 is 3. The number of carbonyl (C=O) groups excluding carboxylic acids is 1. The molecule has 3 aliphatic rings. The molecule has 8 heteroatoms. The van der Waals surface area contributed by atoms with Crippen molar-refractivity contribution < 1.29 is 38.3 Å². The number of rotatable bonds is 3. The van der Waals surface area contributed by atoms with Crippen LogP contribution in [0.5, 0.6) is 28.7 Å². The van der Waals surface area contributed by atoms with Crippen LogP contribution in [0.25, 0.3) is 11.1 Å². The summed E-state index contributed by atoms with van der Waals surface area (Å²) in [5, 5.41) is 11.3. The van der Waals surface area contributed by atoms with Crippen LogP contribution in [-0.4, -0.2) is 45.8 Å². The van der Waals surface area contributed by atoms with E-state index in [0.29, 0.717) is 40.7 Å². The van der Waals surface area contributed by atoms with Crippen LogP contribution in [0, 0.1) is 11.8 Å². The maximum Gasteiger partial charge on any atom is 0.309 e. The van der Waals surface area contributed by atoms with Gasteiger partial charge in [0.1, 0.15) is 0 Å². The van der Waals surface area contributed by atoms with Gasteiger partial charge in [0.2, 0.25) is 12.5 Å². The SMILES string of the molecule is COc1cc2c(c(OC)c1OC)-c1cc3c(cc1[C@@H](O)[C@H]1COC(=O)[C@H]1C2)OCO3. The Kier molecular flexibility index (Phi) is 4.39. The highest BCUT2D eigenvalue weighted by molar-refractivity contribution is 5.85. The van der Waals surface area contributed by atoms with Crippen molar-refractivity contribution in [2.75, 3.05) is 34.7 Å². The van der Waals surface area contributed by atoms with E-state index in [1.807, 2.05) is 12.1 Å². The van der Waals surface area contributed by atoms with Crippen LogP contribution in [0.1, 0.15) is 17.2 Å². The van der Waals surface area contributed by atoms with E-state index in [2.05, 4.69) is 0 Å². The predicted molar refractivity (Wildman–Crippen MR) is 104 cm³/mol.